The Bertz CT molecular complexity index is 1010. The number of nitrogens with one attached hydrogen (secondary N) is 2. The topological polar surface area (TPSA) is 59.6 Å². The van der Waals surface area contributed by atoms with E-state index in [0.29, 0.717) is 57.6 Å². The van der Waals surface area contributed by atoms with Gasteiger partial charge in [0.2, 0.25) is 0 Å². The molecule has 0 aromatic heterocycles. The summed E-state index contributed by atoms with van der Waals surface area (Å²) >= 11 is 12.0. The molecule has 2 aromatic rings. The van der Waals surface area contributed by atoms with Gasteiger partial charge in [-0.3, -0.25) is 4.79 Å². The van der Waals surface area contributed by atoms with E-state index < -0.39 is 6.04 Å². The van der Waals surface area contributed by atoms with Gasteiger partial charge in [-0.1, -0.05) is 55.8 Å². The van der Waals surface area contributed by atoms with Crippen LogP contribution in [0.4, 0.5) is 0 Å². The molecule has 1 heterocycles. The third-order valence-corrected chi connectivity index (χ3v) is 5.28. The molecule has 31 heavy (non-hydrogen) atoms. The van der Waals surface area contributed by atoms with Gasteiger partial charge in [0.05, 0.1) is 24.3 Å². The van der Waals surface area contributed by atoms with E-state index in [1.807, 2.05) is 38.1 Å². The fourth-order valence-electron chi connectivity index (χ4n) is 3.40. The van der Waals surface area contributed by atoms with Gasteiger partial charge in [0.25, 0.3) is 0 Å². The molecule has 2 N–H and O–H groups in total. The van der Waals surface area contributed by atoms with E-state index in [1.54, 1.807) is 18.2 Å². The van der Waals surface area contributed by atoms with Crippen molar-refractivity contribution in [3.8, 4) is 11.5 Å². The van der Waals surface area contributed by atoms with Crippen molar-refractivity contribution in [2.75, 3.05) is 13.2 Å². The van der Waals surface area contributed by atoms with Gasteiger partial charge < -0.3 is 20.1 Å². The number of Topliss-reactive ketones (excluding diaryl/α,β-unsaturated/α-hetero) is 1. The average Bonchev–Trinajstić information content (AvgIpc) is 2.72. The number of allylic oxidation sites excluding steroid dienone is 1. The van der Waals surface area contributed by atoms with Crippen LogP contribution in [0, 0.1) is 5.92 Å². The molecule has 0 radical (unpaired) electrons. The first-order valence-electron chi connectivity index (χ1n) is 10.3. The quantitative estimate of drug-likeness (QED) is 0.405. The molecule has 0 amide bonds. The van der Waals surface area contributed by atoms with Gasteiger partial charge >= 0.3 is 0 Å². The SMILES string of the molecule is CCOc1cc(C2NC(=S)NC(C)=C2C(=O)c2ccccc2)cc(Cl)c1OCC(C)C. The lowest BCUT2D eigenvalue weighted by Crippen LogP contribution is -2.44. The molecule has 7 heteroatoms. The number of rotatable bonds is 8. The van der Waals surface area contributed by atoms with E-state index in [2.05, 4.69) is 24.5 Å². The second-order valence-electron chi connectivity index (χ2n) is 7.73. The number of carbonyl (C=O) groups excluding carboxylic acids is 1. The number of hydrogen-bond acceptors (Lipinski definition) is 4. The van der Waals surface area contributed by atoms with Crippen LogP contribution < -0.4 is 20.1 Å². The number of carbonyl (C=O) groups is 1. The van der Waals surface area contributed by atoms with Crippen LogP contribution in [0.2, 0.25) is 5.02 Å². The zero-order valence-corrected chi connectivity index (χ0v) is 19.7. The van der Waals surface area contributed by atoms with E-state index in [9.17, 15) is 4.79 Å². The van der Waals surface area contributed by atoms with Crippen molar-refractivity contribution >= 4 is 34.7 Å². The molecule has 0 spiro atoms. The second-order valence-corrected chi connectivity index (χ2v) is 8.55. The number of benzene rings is 2. The van der Waals surface area contributed by atoms with Crippen LogP contribution in [-0.2, 0) is 0 Å². The highest BCUT2D eigenvalue weighted by Crippen LogP contribution is 2.41. The predicted molar refractivity (Wildman–Crippen MR) is 128 cm³/mol. The van der Waals surface area contributed by atoms with Crippen LogP contribution in [0.1, 0.15) is 49.7 Å². The molecule has 0 saturated heterocycles. The maximum atomic E-state index is 13.4. The van der Waals surface area contributed by atoms with Crippen molar-refractivity contribution in [3.63, 3.8) is 0 Å². The van der Waals surface area contributed by atoms with E-state index in [4.69, 9.17) is 33.3 Å². The normalized spacial score (nSPS) is 16.1. The molecular weight excluding hydrogens is 432 g/mol. The molecule has 1 aliphatic rings. The molecule has 3 rings (SSSR count). The van der Waals surface area contributed by atoms with Crippen LogP contribution in [0.15, 0.2) is 53.7 Å². The summed E-state index contributed by atoms with van der Waals surface area (Å²) < 4.78 is 11.7. The molecule has 0 fully saturated rings. The maximum absolute atomic E-state index is 13.4. The smallest absolute Gasteiger partial charge is 0.193 e. The third kappa shape index (κ3) is 5.38. The minimum absolute atomic E-state index is 0.0835. The molecular formula is C24H27ClN2O3S. The Morgan fingerprint density at radius 1 is 1.19 bits per heavy atom. The highest BCUT2D eigenvalue weighted by atomic mass is 35.5. The second kappa shape index (κ2) is 10.2. The lowest BCUT2D eigenvalue weighted by atomic mass is 9.89. The molecule has 1 unspecified atom stereocenters. The lowest BCUT2D eigenvalue weighted by molar-refractivity contribution is 0.102. The molecule has 1 atom stereocenters. The minimum Gasteiger partial charge on any atom is -0.490 e. The predicted octanol–water partition coefficient (Wildman–Crippen LogP) is 5.45. The monoisotopic (exact) mass is 458 g/mol. The Morgan fingerprint density at radius 3 is 2.55 bits per heavy atom. The van der Waals surface area contributed by atoms with Gasteiger partial charge in [0.1, 0.15) is 0 Å². The zero-order valence-electron chi connectivity index (χ0n) is 18.1. The fourth-order valence-corrected chi connectivity index (χ4v) is 3.94. The first-order valence-corrected chi connectivity index (χ1v) is 11.1. The summed E-state index contributed by atoms with van der Waals surface area (Å²) in [4.78, 5) is 13.4. The highest BCUT2D eigenvalue weighted by Gasteiger charge is 2.31. The van der Waals surface area contributed by atoms with Crippen LogP contribution >= 0.6 is 23.8 Å². The lowest BCUT2D eigenvalue weighted by Gasteiger charge is -2.31. The Kier molecular flexibility index (Phi) is 7.57. The van der Waals surface area contributed by atoms with Crippen LogP contribution in [-0.4, -0.2) is 24.1 Å². The molecule has 164 valence electrons. The number of ether oxygens (including phenoxy) is 2. The van der Waals surface area contributed by atoms with Gasteiger partial charge in [-0.2, -0.15) is 0 Å². The molecule has 0 bridgehead atoms. The van der Waals surface area contributed by atoms with E-state index in [1.165, 1.54) is 0 Å². The molecule has 0 aliphatic carbocycles. The summed E-state index contributed by atoms with van der Waals surface area (Å²) in [7, 11) is 0. The van der Waals surface area contributed by atoms with Crippen molar-refractivity contribution in [1.29, 1.82) is 0 Å². The summed E-state index contributed by atoms with van der Waals surface area (Å²) in [5.41, 5.74) is 2.66. The molecule has 1 aliphatic heterocycles. The zero-order chi connectivity index (χ0) is 22.5. The first kappa shape index (κ1) is 23.1. The van der Waals surface area contributed by atoms with Crippen LogP contribution in [0.5, 0.6) is 11.5 Å². The number of ketones is 1. The van der Waals surface area contributed by atoms with E-state index in [-0.39, 0.29) is 5.78 Å². The number of hydrogen-bond donors (Lipinski definition) is 2. The molecule has 0 saturated carbocycles. The van der Waals surface area contributed by atoms with Crippen LogP contribution in [0.3, 0.4) is 0 Å². The van der Waals surface area contributed by atoms with Gasteiger partial charge in [-0.25, -0.2) is 0 Å². The average molecular weight is 459 g/mol. The summed E-state index contributed by atoms with van der Waals surface area (Å²) in [5, 5.41) is 7.16. The van der Waals surface area contributed by atoms with Crippen molar-refractivity contribution in [1.82, 2.24) is 10.6 Å². The van der Waals surface area contributed by atoms with Crippen molar-refractivity contribution in [2.24, 2.45) is 5.92 Å². The first-order chi connectivity index (χ1) is 14.8. The standard InChI is InChI=1S/C24H27ClN2O3S/c1-5-29-19-12-17(11-18(25)23(19)30-13-14(2)3)21-20(15(4)26-24(31)27-21)22(28)16-9-7-6-8-10-16/h6-12,14,21H,5,13H2,1-4H3,(H2,26,27,31). The van der Waals surface area contributed by atoms with Crippen molar-refractivity contribution < 1.29 is 14.3 Å². The number of thiocarbonyl (C=S) groups is 1. The Labute approximate surface area is 193 Å². The largest absolute Gasteiger partial charge is 0.490 e. The summed E-state index contributed by atoms with van der Waals surface area (Å²) in [5.74, 6) is 1.31. The maximum Gasteiger partial charge on any atom is 0.193 e. The van der Waals surface area contributed by atoms with Crippen molar-refractivity contribution in [3.05, 3.63) is 69.9 Å². The molecule has 2 aromatic carbocycles. The van der Waals surface area contributed by atoms with Gasteiger partial charge in [-0.15, -0.1) is 0 Å². The summed E-state index contributed by atoms with van der Waals surface area (Å²) in [6, 6.07) is 12.4. The third-order valence-electron chi connectivity index (χ3n) is 4.78. The summed E-state index contributed by atoms with van der Waals surface area (Å²) in [6.45, 7) is 8.86. The highest BCUT2D eigenvalue weighted by molar-refractivity contribution is 7.80. The van der Waals surface area contributed by atoms with Crippen molar-refractivity contribution in [2.45, 2.75) is 33.7 Å². The van der Waals surface area contributed by atoms with E-state index in [0.717, 1.165) is 5.56 Å². The Morgan fingerprint density at radius 2 is 1.90 bits per heavy atom. The molecule has 5 nitrogen and oxygen atoms in total. The Hall–Kier alpha value is -2.57. The number of halogens is 1. The minimum atomic E-state index is -0.475. The summed E-state index contributed by atoms with van der Waals surface area (Å²) in [6.07, 6.45) is 0. The van der Waals surface area contributed by atoms with Gasteiger partial charge in [0.15, 0.2) is 22.4 Å². The fraction of sp³-hybridized carbons (Fsp3) is 0.333. The Balaban J connectivity index is 2.06. The van der Waals surface area contributed by atoms with Gasteiger partial charge in [-0.05, 0) is 49.7 Å². The van der Waals surface area contributed by atoms with Crippen LogP contribution in [0.25, 0.3) is 0 Å². The van der Waals surface area contributed by atoms with Gasteiger partial charge in [0, 0.05) is 16.8 Å². The van der Waals surface area contributed by atoms with E-state index >= 15 is 0 Å².